The number of carbonyl (C=O) groups is 2. The molecule has 2 saturated heterocycles. The van der Waals surface area contributed by atoms with Crippen LogP contribution in [0.15, 0.2) is 5.38 Å². The molecule has 1 aromatic heterocycles. The van der Waals surface area contributed by atoms with E-state index < -0.39 is 0 Å². The number of hydrogen-bond donors (Lipinski definition) is 0. The zero-order valence-electron chi connectivity index (χ0n) is 11.1. The first kappa shape index (κ1) is 12.6. The van der Waals surface area contributed by atoms with Crippen LogP contribution in [0.5, 0.6) is 0 Å². The molecule has 102 valence electrons. The van der Waals surface area contributed by atoms with Crippen LogP contribution in [0.4, 0.5) is 0 Å². The Balaban J connectivity index is 1.83. The molecule has 0 N–H and O–H groups in total. The van der Waals surface area contributed by atoms with Gasteiger partial charge in [-0.1, -0.05) is 0 Å². The van der Waals surface area contributed by atoms with E-state index >= 15 is 0 Å². The molecular weight excluding hydrogens is 262 g/mol. The van der Waals surface area contributed by atoms with Crippen molar-refractivity contribution in [2.24, 2.45) is 0 Å². The van der Waals surface area contributed by atoms with Gasteiger partial charge in [0.1, 0.15) is 17.1 Å². The van der Waals surface area contributed by atoms with E-state index in [1.54, 1.807) is 21.1 Å². The van der Waals surface area contributed by atoms with Crippen molar-refractivity contribution >= 4 is 23.2 Å². The van der Waals surface area contributed by atoms with Crippen molar-refractivity contribution in [1.82, 2.24) is 14.8 Å². The van der Waals surface area contributed by atoms with Gasteiger partial charge in [-0.25, -0.2) is 4.98 Å². The minimum Gasteiger partial charge on any atom is -0.329 e. The lowest BCUT2D eigenvalue weighted by molar-refractivity contribution is -0.159. The van der Waals surface area contributed by atoms with Crippen molar-refractivity contribution in [2.45, 2.75) is 45.3 Å². The second kappa shape index (κ2) is 4.59. The molecule has 2 fully saturated rings. The van der Waals surface area contributed by atoms with Crippen LogP contribution in [0.2, 0.25) is 0 Å². The van der Waals surface area contributed by atoms with Gasteiger partial charge in [-0.2, -0.15) is 0 Å². The minimum absolute atomic E-state index is 0.0791. The maximum absolute atomic E-state index is 12.5. The normalized spacial score (nSPS) is 27.1. The lowest BCUT2D eigenvalue weighted by atomic mass is 10.1. The summed E-state index contributed by atoms with van der Waals surface area (Å²) in [4.78, 5) is 32.6. The van der Waals surface area contributed by atoms with Gasteiger partial charge in [-0.05, 0) is 26.7 Å². The van der Waals surface area contributed by atoms with Crippen LogP contribution in [0, 0.1) is 6.92 Å². The monoisotopic (exact) mass is 279 g/mol. The Morgan fingerprint density at radius 2 is 2.21 bits per heavy atom. The van der Waals surface area contributed by atoms with E-state index in [9.17, 15) is 9.59 Å². The van der Waals surface area contributed by atoms with Crippen molar-refractivity contribution in [1.29, 1.82) is 0 Å². The van der Waals surface area contributed by atoms with E-state index in [0.29, 0.717) is 6.54 Å². The average Bonchev–Trinajstić information content (AvgIpc) is 3.01. The fourth-order valence-corrected chi connectivity index (χ4v) is 3.65. The number of aryl methyl sites for hydroxylation is 1. The zero-order chi connectivity index (χ0) is 13.6. The van der Waals surface area contributed by atoms with Crippen molar-refractivity contribution in [2.75, 3.05) is 6.54 Å². The van der Waals surface area contributed by atoms with Gasteiger partial charge in [-0.3, -0.25) is 9.59 Å². The number of aromatic nitrogens is 1. The van der Waals surface area contributed by atoms with Crippen molar-refractivity contribution < 1.29 is 9.59 Å². The van der Waals surface area contributed by atoms with Gasteiger partial charge in [0.25, 0.3) is 0 Å². The van der Waals surface area contributed by atoms with Gasteiger partial charge in [0.15, 0.2) is 0 Å². The maximum atomic E-state index is 12.5. The molecule has 3 rings (SSSR count). The molecule has 2 amide bonds. The highest BCUT2D eigenvalue weighted by Gasteiger charge is 2.45. The molecule has 3 heterocycles. The van der Waals surface area contributed by atoms with Crippen LogP contribution >= 0.6 is 11.3 Å². The Morgan fingerprint density at radius 1 is 1.42 bits per heavy atom. The quantitative estimate of drug-likeness (QED) is 0.816. The highest BCUT2D eigenvalue weighted by Crippen LogP contribution is 2.28. The molecule has 6 heteroatoms. The Morgan fingerprint density at radius 3 is 2.89 bits per heavy atom. The zero-order valence-corrected chi connectivity index (χ0v) is 11.9. The number of thiazole rings is 1. The number of nitrogens with zero attached hydrogens (tertiary/aromatic N) is 3. The van der Waals surface area contributed by atoms with Gasteiger partial charge in [0.05, 0.1) is 6.54 Å². The smallest absolute Gasteiger partial charge is 0.246 e. The van der Waals surface area contributed by atoms with Crippen LogP contribution in [-0.2, 0) is 16.1 Å². The van der Waals surface area contributed by atoms with E-state index in [2.05, 4.69) is 4.98 Å². The second-order valence-corrected chi connectivity index (χ2v) is 6.16. The molecule has 0 radical (unpaired) electrons. The first-order valence-corrected chi connectivity index (χ1v) is 7.48. The first-order chi connectivity index (χ1) is 9.08. The van der Waals surface area contributed by atoms with E-state index in [-0.39, 0.29) is 23.9 Å². The van der Waals surface area contributed by atoms with Gasteiger partial charge >= 0.3 is 0 Å². The first-order valence-electron chi connectivity index (χ1n) is 6.60. The molecule has 2 aliphatic rings. The molecule has 0 aliphatic carbocycles. The summed E-state index contributed by atoms with van der Waals surface area (Å²) in [6.07, 6.45) is 1.73. The van der Waals surface area contributed by atoms with Gasteiger partial charge in [0, 0.05) is 17.6 Å². The Kier molecular flexibility index (Phi) is 3.05. The van der Waals surface area contributed by atoms with Gasteiger partial charge in [0.2, 0.25) is 11.8 Å². The van der Waals surface area contributed by atoms with E-state index in [4.69, 9.17) is 0 Å². The summed E-state index contributed by atoms with van der Waals surface area (Å²) >= 11 is 1.54. The molecule has 0 spiro atoms. The summed E-state index contributed by atoms with van der Waals surface area (Å²) in [5.41, 5.74) is 0.964. The topological polar surface area (TPSA) is 53.5 Å². The van der Waals surface area contributed by atoms with E-state index in [1.165, 1.54) is 0 Å². The van der Waals surface area contributed by atoms with Crippen LogP contribution in [0.25, 0.3) is 0 Å². The number of piperazine rings is 1. The van der Waals surface area contributed by atoms with Crippen LogP contribution < -0.4 is 0 Å². The van der Waals surface area contributed by atoms with Crippen LogP contribution in [0.3, 0.4) is 0 Å². The molecule has 0 aromatic carbocycles. The Bertz CT molecular complexity index is 528. The standard InChI is InChI=1S/C13H17N3O2S/c1-8-7-19-11(14-8)6-16-9(2)12(17)15-5-3-4-10(15)13(16)18/h7,9-10H,3-6H2,1-2H3. The molecule has 0 bridgehead atoms. The lowest BCUT2D eigenvalue weighted by Gasteiger charge is -2.40. The van der Waals surface area contributed by atoms with E-state index in [1.807, 2.05) is 19.2 Å². The number of fused-ring (bicyclic) bond motifs is 1. The third-order valence-corrected chi connectivity index (χ3v) is 4.85. The van der Waals surface area contributed by atoms with Crippen molar-refractivity contribution in [3.8, 4) is 0 Å². The molecule has 2 unspecified atom stereocenters. The molecule has 5 nitrogen and oxygen atoms in total. The number of hydrogen-bond acceptors (Lipinski definition) is 4. The number of rotatable bonds is 2. The summed E-state index contributed by atoms with van der Waals surface area (Å²) < 4.78 is 0. The van der Waals surface area contributed by atoms with E-state index in [0.717, 1.165) is 30.1 Å². The third kappa shape index (κ3) is 2.04. The Hall–Kier alpha value is -1.43. The maximum Gasteiger partial charge on any atom is 0.246 e. The largest absolute Gasteiger partial charge is 0.329 e. The molecule has 1 aromatic rings. The highest BCUT2D eigenvalue weighted by molar-refractivity contribution is 7.09. The van der Waals surface area contributed by atoms with Crippen LogP contribution in [-0.4, -0.2) is 45.2 Å². The summed E-state index contributed by atoms with van der Waals surface area (Å²) in [7, 11) is 0. The molecule has 19 heavy (non-hydrogen) atoms. The molecule has 0 saturated carbocycles. The predicted octanol–water partition coefficient (Wildman–Crippen LogP) is 1.17. The summed E-state index contributed by atoms with van der Waals surface area (Å²) in [6.45, 7) is 4.93. The number of carbonyl (C=O) groups excluding carboxylic acids is 2. The fraction of sp³-hybridized carbons (Fsp3) is 0.615. The van der Waals surface area contributed by atoms with Crippen LogP contribution in [0.1, 0.15) is 30.5 Å². The SMILES string of the molecule is Cc1csc(CN2C(=O)C3CCCN3C(=O)C2C)n1. The van der Waals surface area contributed by atoms with Gasteiger partial charge in [-0.15, -0.1) is 11.3 Å². The molecule has 2 atom stereocenters. The predicted molar refractivity (Wildman–Crippen MR) is 71.6 cm³/mol. The van der Waals surface area contributed by atoms with Crippen molar-refractivity contribution in [3.05, 3.63) is 16.1 Å². The second-order valence-electron chi connectivity index (χ2n) is 5.21. The van der Waals surface area contributed by atoms with Crippen molar-refractivity contribution in [3.63, 3.8) is 0 Å². The molecular formula is C13H17N3O2S. The Labute approximate surface area is 116 Å². The highest BCUT2D eigenvalue weighted by atomic mass is 32.1. The number of amides is 2. The summed E-state index contributed by atoms with van der Waals surface area (Å²) in [6, 6.07) is -0.601. The molecule has 2 aliphatic heterocycles. The summed E-state index contributed by atoms with van der Waals surface area (Å²) in [5.74, 6) is 0.160. The summed E-state index contributed by atoms with van der Waals surface area (Å²) in [5, 5.41) is 2.87. The third-order valence-electron chi connectivity index (χ3n) is 3.90. The average molecular weight is 279 g/mol. The minimum atomic E-state index is -0.369. The lowest BCUT2D eigenvalue weighted by Crippen LogP contribution is -2.61. The fourth-order valence-electron chi connectivity index (χ4n) is 2.88. The van der Waals surface area contributed by atoms with Gasteiger partial charge < -0.3 is 9.80 Å².